The summed E-state index contributed by atoms with van der Waals surface area (Å²) in [6.45, 7) is 3.72. The van der Waals surface area contributed by atoms with Crippen LogP contribution in [0.2, 0.25) is 0 Å². The minimum atomic E-state index is -0.443. The number of benzene rings is 1. The van der Waals surface area contributed by atoms with Crippen molar-refractivity contribution in [1.82, 2.24) is 15.5 Å². The molecule has 0 aliphatic heterocycles. The summed E-state index contributed by atoms with van der Waals surface area (Å²) in [7, 11) is 0. The maximum absolute atomic E-state index is 13.2. The average Bonchev–Trinajstić information content (AvgIpc) is 2.96. The highest BCUT2D eigenvalue weighted by molar-refractivity contribution is 5.78. The molecule has 1 aromatic heterocycles. The lowest BCUT2D eigenvalue weighted by molar-refractivity contribution is -0.125. The van der Waals surface area contributed by atoms with Crippen molar-refractivity contribution in [3.05, 3.63) is 36.0 Å². The Labute approximate surface area is 121 Å². The van der Waals surface area contributed by atoms with E-state index in [9.17, 15) is 9.18 Å². The molecule has 0 radical (unpaired) electrons. The standard InChI is InChI=1S/C14H17FN4O2/c1-8(7-16)13(20)17-9(2)14-18-12(19-21-14)10-4-3-5-11(15)6-10/h3-6,8-9H,7,16H2,1-2H3,(H,17,20). The number of hydrogen-bond acceptors (Lipinski definition) is 5. The Hall–Kier alpha value is -2.28. The van der Waals surface area contributed by atoms with Crippen LogP contribution >= 0.6 is 0 Å². The van der Waals surface area contributed by atoms with Crippen LogP contribution in [0.25, 0.3) is 11.4 Å². The molecule has 21 heavy (non-hydrogen) atoms. The second kappa shape index (κ2) is 6.45. The second-order valence-corrected chi connectivity index (χ2v) is 4.83. The molecule has 0 spiro atoms. The molecule has 6 nitrogen and oxygen atoms in total. The molecule has 7 heteroatoms. The number of halogens is 1. The molecule has 2 rings (SSSR count). The lowest BCUT2D eigenvalue weighted by atomic mass is 10.1. The van der Waals surface area contributed by atoms with E-state index in [0.717, 1.165) is 0 Å². The number of rotatable bonds is 5. The first-order valence-corrected chi connectivity index (χ1v) is 6.61. The van der Waals surface area contributed by atoms with Crippen molar-refractivity contribution in [2.24, 2.45) is 11.7 Å². The predicted octanol–water partition coefficient (Wildman–Crippen LogP) is 1.65. The molecule has 1 amide bonds. The summed E-state index contributed by atoms with van der Waals surface area (Å²) >= 11 is 0. The summed E-state index contributed by atoms with van der Waals surface area (Å²) in [5.74, 6) is -0.324. The molecule has 112 valence electrons. The molecular weight excluding hydrogens is 275 g/mol. The van der Waals surface area contributed by atoms with Crippen molar-refractivity contribution in [1.29, 1.82) is 0 Å². The minimum Gasteiger partial charge on any atom is -0.344 e. The van der Waals surface area contributed by atoms with Crippen molar-refractivity contribution in [3.63, 3.8) is 0 Å². The molecule has 0 saturated heterocycles. The first-order chi connectivity index (χ1) is 10.0. The van der Waals surface area contributed by atoms with E-state index < -0.39 is 6.04 Å². The van der Waals surface area contributed by atoms with Crippen LogP contribution in [0.5, 0.6) is 0 Å². The summed E-state index contributed by atoms with van der Waals surface area (Å²) in [6.07, 6.45) is 0. The molecule has 0 bridgehead atoms. The van der Waals surface area contributed by atoms with Crippen LogP contribution in [-0.2, 0) is 4.79 Å². The normalized spacial score (nSPS) is 13.7. The number of aromatic nitrogens is 2. The fourth-order valence-corrected chi connectivity index (χ4v) is 1.68. The van der Waals surface area contributed by atoms with Gasteiger partial charge in [0.25, 0.3) is 0 Å². The molecule has 3 N–H and O–H groups in total. The largest absolute Gasteiger partial charge is 0.344 e. The molecule has 1 aromatic carbocycles. The molecule has 0 fully saturated rings. The minimum absolute atomic E-state index is 0.185. The van der Waals surface area contributed by atoms with Crippen molar-refractivity contribution < 1.29 is 13.7 Å². The highest BCUT2D eigenvalue weighted by Crippen LogP contribution is 2.19. The molecule has 2 atom stereocenters. The van der Waals surface area contributed by atoms with Crippen LogP contribution in [0.1, 0.15) is 25.8 Å². The van der Waals surface area contributed by atoms with Crippen LogP contribution in [0, 0.1) is 11.7 Å². The Kier molecular flexibility index (Phi) is 4.64. The van der Waals surface area contributed by atoms with Crippen molar-refractivity contribution >= 4 is 5.91 Å². The maximum atomic E-state index is 13.2. The zero-order chi connectivity index (χ0) is 15.4. The molecule has 2 aromatic rings. The summed E-state index contributed by atoms with van der Waals surface area (Å²) in [6, 6.07) is 5.45. The van der Waals surface area contributed by atoms with Gasteiger partial charge in [-0.05, 0) is 19.1 Å². The fourth-order valence-electron chi connectivity index (χ4n) is 1.68. The zero-order valence-corrected chi connectivity index (χ0v) is 11.8. The molecule has 0 saturated carbocycles. The van der Waals surface area contributed by atoms with Gasteiger partial charge in [-0.15, -0.1) is 0 Å². The van der Waals surface area contributed by atoms with Gasteiger partial charge in [0.2, 0.25) is 17.6 Å². The number of amides is 1. The smallest absolute Gasteiger partial charge is 0.249 e. The monoisotopic (exact) mass is 292 g/mol. The Bertz CT molecular complexity index is 629. The van der Waals surface area contributed by atoms with Crippen molar-refractivity contribution in [3.8, 4) is 11.4 Å². The van der Waals surface area contributed by atoms with Gasteiger partial charge in [0.05, 0.1) is 0 Å². The van der Waals surface area contributed by atoms with Gasteiger partial charge in [-0.25, -0.2) is 4.39 Å². The second-order valence-electron chi connectivity index (χ2n) is 4.83. The SMILES string of the molecule is CC(CN)C(=O)NC(C)c1nc(-c2cccc(F)c2)no1. The molecule has 1 heterocycles. The zero-order valence-electron chi connectivity index (χ0n) is 11.8. The van der Waals surface area contributed by atoms with Crippen LogP contribution in [0.3, 0.4) is 0 Å². The molecule has 0 aliphatic carbocycles. The highest BCUT2D eigenvalue weighted by Gasteiger charge is 2.19. The van der Waals surface area contributed by atoms with Gasteiger partial charge in [-0.2, -0.15) is 4.98 Å². The van der Waals surface area contributed by atoms with E-state index in [-0.39, 0.29) is 35.9 Å². The molecule has 0 aliphatic rings. The van der Waals surface area contributed by atoms with E-state index in [0.29, 0.717) is 5.56 Å². The van der Waals surface area contributed by atoms with Gasteiger partial charge in [-0.3, -0.25) is 4.79 Å². The fraction of sp³-hybridized carbons (Fsp3) is 0.357. The quantitative estimate of drug-likeness (QED) is 0.873. The van der Waals surface area contributed by atoms with Crippen LogP contribution in [0.4, 0.5) is 4.39 Å². The third-order valence-corrected chi connectivity index (χ3v) is 3.05. The number of nitrogens with two attached hydrogens (primary N) is 1. The summed E-state index contributed by atoms with van der Waals surface area (Å²) in [5, 5.41) is 6.53. The van der Waals surface area contributed by atoms with Gasteiger partial charge in [0.15, 0.2) is 0 Å². The van der Waals surface area contributed by atoms with Crippen LogP contribution in [-0.4, -0.2) is 22.6 Å². The number of carbonyl (C=O) groups is 1. The number of nitrogens with zero attached hydrogens (tertiary/aromatic N) is 2. The van der Waals surface area contributed by atoms with Gasteiger partial charge < -0.3 is 15.6 Å². The Morgan fingerprint density at radius 1 is 1.48 bits per heavy atom. The van der Waals surface area contributed by atoms with Crippen LogP contribution in [0.15, 0.2) is 28.8 Å². The topological polar surface area (TPSA) is 94.0 Å². The van der Waals surface area contributed by atoms with E-state index in [1.165, 1.54) is 12.1 Å². The van der Waals surface area contributed by atoms with Gasteiger partial charge >= 0.3 is 0 Å². The van der Waals surface area contributed by atoms with E-state index in [2.05, 4.69) is 15.5 Å². The van der Waals surface area contributed by atoms with Gasteiger partial charge in [-0.1, -0.05) is 24.2 Å². The van der Waals surface area contributed by atoms with Gasteiger partial charge in [0.1, 0.15) is 11.9 Å². The van der Waals surface area contributed by atoms with Crippen molar-refractivity contribution in [2.75, 3.05) is 6.54 Å². The van der Waals surface area contributed by atoms with Gasteiger partial charge in [0, 0.05) is 18.0 Å². The van der Waals surface area contributed by atoms with Crippen molar-refractivity contribution in [2.45, 2.75) is 19.9 Å². The van der Waals surface area contributed by atoms with Crippen LogP contribution < -0.4 is 11.1 Å². The summed E-state index contributed by atoms with van der Waals surface area (Å²) < 4.78 is 18.3. The lowest BCUT2D eigenvalue weighted by Crippen LogP contribution is -2.35. The third kappa shape index (κ3) is 3.63. The first kappa shape index (κ1) is 15.1. The Morgan fingerprint density at radius 3 is 2.90 bits per heavy atom. The summed E-state index contributed by atoms with van der Waals surface area (Å²) in [5.41, 5.74) is 5.95. The number of nitrogens with one attached hydrogen (secondary N) is 1. The highest BCUT2D eigenvalue weighted by atomic mass is 19.1. The lowest BCUT2D eigenvalue weighted by Gasteiger charge is -2.13. The van der Waals surface area contributed by atoms with E-state index in [1.54, 1.807) is 26.0 Å². The number of hydrogen-bond donors (Lipinski definition) is 2. The average molecular weight is 292 g/mol. The predicted molar refractivity (Wildman–Crippen MR) is 74.5 cm³/mol. The molecular formula is C14H17FN4O2. The summed E-state index contributed by atoms with van der Waals surface area (Å²) in [4.78, 5) is 15.9. The molecule has 2 unspecified atom stereocenters. The third-order valence-electron chi connectivity index (χ3n) is 3.05. The van der Waals surface area contributed by atoms with E-state index in [1.807, 2.05) is 0 Å². The Morgan fingerprint density at radius 2 is 2.24 bits per heavy atom. The Balaban J connectivity index is 2.11. The van der Waals surface area contributed by atoms with E-state index in [4.69, 9.17) is 10.3 Å². The maximum Gasteiger partial charge on any atom is 0.249 e. The first-order valence-electron chi connectivity index (χ1n) is 6.61. The number of carbonyl (C=O) groups excluding carboxylic acids is 1. The van der Waals surface area contributed by atoms with E-state index >= 15 is 0 Å².